The second kappa shape index (κ2) is 14.4. The van der Waals surface area contributed by atoms with Crippen molar-refractivity contribution in [1.29, 1.82) is 0 Å². The molecule has 2 fully saturated rings. The van der Waals surface area contributed by atoms with Gasteiger partial charge in [0.2, 0.25) is 15.9 Å². The van der Waals surface area contributed by atoms with Crippen molar-refractivity contribution >= 4 is 25.8 Å². The first kappa shape index (κ1) is 33.1. The Labute approximate surface area is 265 Å². The van der Waals surface area contributed by atoms with Gasteiger partial charge in [-0.25, -0.2) is 25.9 Å². The van der Waals surface area contributed by atoms with E-state index in [2.05, 4.69) is 14.9 Å². The van der Waals surface area contributed by atoms with E-state index < -0.39 is 19.9 Å². The summed E-state index contributed by atoms with van der Waals surface area (Å²) in [7, 11) is -6.62. The summed E-state index contributed by atoms with van der Waals surface area (Å²) in [6.45, 7) is 4.05. The Hall–Kier alpha value is -3.32. The lowest BCUT2D eigenvalue weighted by molar-refractivity contribution is -0.126. The summed E-state index contributed by atoms with van der Waals surface area (Å²) in [4.78, 5) is 15.1. The number of nitrogens with one attached hydrogen (secondary N) is 2. The molecule has 3 aromatic rings. The van der Waals surface area contributed by atoms with Crippen LogP contribution in [0.15, 0.2) is 77.7 Å². The van der Waals surface area contributed by atoms with Crippen LogP contribution in [0.5, 0.6) is 5.75 Å². The van der Waals surface area contributed by atoms with Gasteiger partial charge in [-0.3, -0.25) is 9.69 Å². The number of ether oxygens (including phenoxy) is 1. The Kier molecular flexibility index (Phi) is 10.6. The van der Waals surface area contributed by atoms with Crippen molar-refractivity contribution < 1.29 is 30.8 Å². The normalized spacial score (nSPS) is 21.1. The van der Waals surface area contributed by atoms with Crippen LogP contribution in [-0.4, -0.2) is 71.4 Å². The summed E-state index contributed by atoms with van der Waals surface area (Å²) in [5.41, 5.74) is 2.62. The molecule has 2 N–H and O–H groups in total. The average Bonchev–Trinajstić information content (AvgIpc) is 3.03. The number of benzene rings is 3. The minimum atomic E-state index is -3.73. The van der Waals surface area contributed by atoms with Crippen molar-refractivity contribution in [1.82, 2.24) is 14.9 Å². The standard InChI is InChI=1S/C33H40FN3O6S2/c1-24(25-2-10-29(34)11-3-25)35-33(38)28-4-12-30(13-5-28)36-45(41,42)32-16-8-27(9-17-32)26-6-14-31(15-7-26)43-21-18-37-19-22-44(39,40)23-20-37/h2-3,6-11,14-17,24,28,30,36H,4-5,12-13,18-23H2,1H3,(H,35,38)/t24-,28-,30-/m1/s1. The molecule has 0 spiro atoms. The van der Waals surface area contributed by atoms with Gasteiger partial charge in [0.1, 0.15) is 18.2 Å². The number of amides is 1. The molecular weight excluding hydrogens is 618 g/mol. The van der Waals surface area contributed by atoms with Crippen molar-refractivity contribution in [2.75, 3.05) is 37.7 Å². The van der Waals surface area contributed by atoms with Crippen LogP contribution in [-0.2, 0) is 24.7 Å². The second-order valence-corrected chi connectivity index (χ2v) is 15.9. The maximum atomic E-state index is 13.2. The van der Waals surface area contributed by atoms with Crippen molar-refractivity contribution in [3.05, 3.63) is 84.2 Å². The highest BCUT2D eigenvalue weighted by Gasteiger charge is 2.30. The van der Waals surface area contributed by atoms with E-state index in [1.165, 1.54) is 12.1 Å². The van der Waals surface area contributed by atoms with E-state index in [-0.39, 0.29) is 46.1 Å². The van der Waals surface area contributed by atoms with Gasteiger partial charge >= 0.3 is 0 Å². The fraction of sp³-hybridized carbons (Fsp3) is 0.424. The molecule has 1 atom stereocenters. The third kappa shape index (κ3) is 9.12. The third-order valence-corrected chi connectivity index (χ3v) is 11.8. The SMILES string of the molecule is C[C@@H](NC(=O)[C@H]1CC[C@H](NS(=O)(=O)c2ccc(-c3ccc(OCCN4CCS(=O)(=O)CC4)cc3)cc2)CC1)c1ccc(F)cc1. The van der Waals surface area contributed by atoms with Gasteiger partial charge in [0.25, 0.3) is 0 Å². The van der Waals surface area contributed by atoms with E-state index in [9.17, 15) is 26.0 Å². The Balaban J connectivity index is 1.07. The highest BCUT2D eigenvalue weighted by atomic mass is 32.2. The van der Waals surface area contributed by atoms with Crippen LogP contribution in [0.1, 0.15) is 44.2 Å². The maximum absolute atomic E-state index is 13.2. The lowest BCUT2D eigenvalue weighted by atomic mass is 9.85. The number of sulfonamides is 1. The maximum Gasteiger partial charge on any atom is 0.240 e. The van der Waals surface area contributed by atoms with E-state index in [4.69, 9.17) is 4.74 Å². The molecule has 0 bridgehead atoms. The Morgan fingerprint density at radius 3 is 2.09 bits per heavy atom. The number of carbonyl (C=O) groups is 1. The summed E-state index contributed by atoms with van der Waals surface area (Å²) in [6.07, 6.45) is 2.29. The molecule has 242 valence electrons. The molecule has 1 saturated carbocycles. The minimum absolute atomic E-state index is 0.0692. The summed E-state index contributed by atoms with van der Waals surface area (Å²) in [5.74, 6) is 0.512. The van der Waals surface area contributed by atoms with Gasteiger partial charge < -0.3 is 10.1 Å². The van der Waals surface area contributed by atoms with E-state index in [1.54, 1.807) is 36.4 Å². The van der Waals surface area contributed by atoms with Crippen LogP contribution < -0.4 is 14.8 Å². The van der Waals surface area contributed by atoms with Crippen molar-refractivity contribution in [3.63, 3.8) is 0 Å². The molecule has 1 aliphatic heterocycles. The zero-order chi connectivity index (χ0) is 32.0. The lowest BCUT2D eigenvalue weighted by Gasteiger charge is -2.29. The summed E-state index contributed by atoms with van der Waals surface area (Å²) < 4.78 is 71.2. The molecule has 1 saturated heterocycles. The third-order valence-electron chi connectivity index (χ3n) is 8.61. The molecule has 9 nitrogen and oxygen atoms in total. The summed E-state index contributed by atoms with van der Waals surface area (Å²) in [5, 5.41) is 2.99. The van der Waals surface area contributed by atoms with Gasteiger partial charge in [-0.15, -0.1) is 0 Å². The summed E-state index contributed by atoms with van der Waals surface area (Å²) in [6, 6.07) is 19.9. The Morgan fingerprint density at radius 1 is 0.911 bits per heavy atom. The molecule has 5 rings (SSSR count). The van der Waals surface area contributed by atoms with Gasteiger partial charge in [-0.2, -0.15) is 0 Å². The fourth-order valence-corrected chi connectivity index (χ4v) is 8.35. The number of nitrogens with zero attached hydrogens (tertiary/aromatic N) is 1. The van der Waals surface area contributed by atoms with Gasteiger partial charge in [-0.1, -0.05) is 36.4 Å². The highest BCUT2D eigenvalue weighted by Crippen LogP contribution is 2.28. The Bertz CT molecular complexity index is 1640. The topological polar surface area (TPSA) is 122 Å². The smallest absolute Gasteiger partial charge is 0.240 e. The number of carbonyl (C=O) groups excluding carboxylic acids is 1. The number of hydrogen-bond acceptors (Lipinski definition) is 7. The first-order chi connectivity index (χ1) is 21.5. The first-order valence-electron chi connectivity index (χ1n) is 15.3. The highest BCUT2D eigenvalue weighted by molar-refractivity contribution is 7.91. The monoisotopic (exact) mass is 657 g/mol. The molecule has 0 aromatic heterocycles. The van der Waals surface area contributed by atoms with E-state index in [0.29, 0.717) is 57.7 Å². The van der Waals surface area contributed by atoms with Crippen molar-refractivity contribution in [2.24, 2.45) is 5.92 Å². The van der Waals surface area contributed by atoms with Crippen LogP contribution >= 0.6 is 0 Å². The van der Waals surface area contributed by atoms with Gasteiger partial charge in [-0.05, 0) is 85.7 Å². The fourth-order valence-electron chi connectivity index (χ4n) is 5.76. The van der Waals surface area contributed by atoms with Crippen LogP contribution in [0.4, 0.5) is 4.39 Å². The minimum Gasteiger partial charge on any atom is -0.492 e. The zero-order valence-electron chi connectivity index (χ0n) is 25.3. The van der Waals surface area contributed by atoms with E-state index >= 15 is 0 Å². The van der Waals surface area contributed by atoms with E-state index in [0.717, 1.165) is 16.7 Å². The van der Waals surface area contributed by atoms with Gasteiger partial charge in [0, 0.05) is 31.6 Å². The zero-order valence-corrected chi connectivity index (χ0v) is 27.0. The molecule has 0 unspecified atom stereocenters. The molecule has 2 aliphatic rings. The predicted octanol–water partition coefficient (Wildman–Crippen LogP) is 4.32. The summed E-state index contributed by atoms with van der Waals surface area (Å²) >= 11 is 0. The molecule has 1 heterocycles. The molecule has 45 heavy (non-hydrogen) atoms. The second-order valence-electron chi connectivity index (χ2n) is 11.8. The molecule has 3 aromatic carbocycles. The lowest BCUT2D eigenvalue weighted by Crippen LogP contribution is -2.42. The largest absolute Gasteiger partial charge is 0.492 e. The van der Waals surface area contributed by atoms with Crippen molar-refractivity contribution in [3.8, 4) is 16.9 Å². The molecule has 0 radical (unpaired) electrons. The molecular formula is C33H40FN3O6S2. The van der Waals surface area contributed by atoms with Crippen LogP contribution in [0.25, 0.3) is 11.1 Å². The number of sulfone groups is 1. The number of hydrogen-bond donors (Lipinski definition) is 2. The van der Waals surface area contributed by atoms with Crippen LogP contribution in [0, 0.1) is 11.7 Å². The average molecular weight is 658 g/mol. The number of halogens is 1. The molecule has 1 aliphatic carbocycles. The van der Waals surface area contributed by atoms with Crippen LogP contribution in [0.3, 0.4) is 0 Å². The molecule has 12 heteroatoms. The number of rotatable bonds is 11. The quantitative estimate of drug-likeness (QED) is 0.315. The van der Waals surface area contributed by atoms with E-state index in [1.807, 2.05) is 31.2 Å². The van der Waals surface area contributed by atoms with Gasteiger partial charge in [0.05, 0.1) is 22.4 Å². The Morgan fingerprint density at radius 2 is 1.49 bits per heavy atom. The molecule has 1 amide bonds. The van der Waals surface area contributed by atoms with Crippen LogP contribution in [0.2, 0.25) is 0 Å². The first-order valence-corrected chi connectivity index (χ1v) is 18.6. The van der Waals surface area contributed by atoms with Gasteiger partial charge in [0.15, 0.2) is 9.84 Å². The van der Waals surface area contributed by atoms with Crippen molar-refractivity contribution in [2.45, 2.75) is 49.6 Å². The predicted molar refractivity (Wildman–Crippen MR) is 171 cm³/mol.